The molecule has 2 heterocycles. The van der Waals surface area contributed by atoms with Crippen LogP contribution in [0.3, 0.4) is 0 Å². The van der Waals surface area contributed by atoms with E-state index in [1.54, 1.807) is 13.3 Å². The van der Waals surface area contributed by atoms with Gasteiger partial charge < -0.3 is 15.1 Å². The van der Waals surface area contributed by atoms with Crippen molar-refractivity contribution in [3.8, 4) is 11.5 Å². The Morgan fingerprint density at radius 1 is 1.14 bits per heavy atom. The predicted octanol–water partition coefficient (Wildman–Crippen LogP) is 3.53. The third kappa shape index (κ3) is 5.81. The van der Waals surface area contributed by atoms with Crippen LogP contribution in [-0.4, -0.2) is 34.3 Å². The van der Waals surface area contributed by atoms with Crippen LogP contribution in [-0.2, 0) is 20.0 Å². The monoisotopic (exact) mass is 508 g/mol. The van der Waals surface area contributed by atoms with Gasteiger partial charge in [0, 0.05) is 31.9 Å². The number of guanidine groups is 1. The number of halogens is 1. The van der Waals surface area contributed by atoms with Crippen LogP contribution in [0.25, 0.3) is 11.5 Å². The van der Waals surface area contributed by atoms with E-state index in [-0.39, 0.29) is 24.0 Å². The average Bonchev–Trinajstić information content (AvgIpc) is 3.25. The van der Waals surface area contributed by atoms with Gasteiger partial charge in [0.05, 0.1) is 17.9 Å². The Kier molecular flexibility index (Phi) is 8.24. The summed E-state index contributed by atoms with van der Waals surface area (Å²) in [5.41, 5.74) is 6.58. The maximum Gasteiger partial charge on any atom is 0.226 e. The van der Waals surface area contributed by atoms with Crippen LogP contribution in [0.1, 0.15) is 28.2 Å². The lowest BCUT2D eigenvalue weighted by atomic mass is 10.1. The molecule has 29 heavy (non-hydrogen) atoms. The average molecular weight is 508 g/mol. The fourth-order valence-electron chi connectivity index (χ4n) is 3.10. The lowest BCUT2D eigenvalue weighted by Gasteiger charge is -2.11. The Morgan fingerprint density at radius 2 is 1.86 bits per heavy atom. The number of hydrogen-bond acceptors (Lipinski definition) is 4. The molecule has 0 spiro atoms. The second kappa shape index (κ2) is 10.4. The summed E-state index contributed by atoms with van der Waals surface area (Å²) >= 11 is 0. The van der Waals surface area contributed by atoms with Crippen LogP contribution in [0, 0.1) is 20.8 Å². The summed E-state index contributed by atoms with van der Waals surface area (Å²) in [6.07, 6.45) is 2.57. The summed E-state index contributed by atoms with van der Waals surface area (Å²) in [6.45, 7) is 7.52. The zero-order valence-corrected chi connectivity index (χ0v) is 19.9. The van der Waals surface area contributed by atoms with Gasteiger partial charge in [-0.2, -0.15) is 5.10 Å². The van der Waals surface area contributed by atoms with Crippen molar-refractivity contribution in [2.24, 2.45) is 12.0 Å². The van der Waals surface area contributed by atoms with Gasteiger partial charge in [-0.15, -0.1) is 24.0 Å². The fraction of sp³-hybridized carbons (Fsp3) is 0.381. The fourth-order valence-corrected chi connectivity index (χ4v) is 3.10. The van der Waals surface area contributed by atoms with Crippen molar-refractivity contribution in [1.29, 1.82) is 0 Å². The first kappa shape index (κ1) is 22.9. The molecule has 3 rings (SSSR count). The normalized spacial score (nSPS) is 11.3. The van der Waals surface area contributed by atoms with Crippen LogP contribution in [0.4, 0.5) is 0 Å². The molecule has 2 N–H and O–H groups in total. The highest BCUT2D eigenvalue weighted by Gasteiger charge is 2.10. The molecule has 7 nitrogen and oxygen atoms in total. The maximum atomic E-state index is 5.60. The van der Waals surface area contributed by atoms with Gasteiger partial charge >= 0.3 is 0 Å². The minimum Gasteiger partial charge on any atom is -0.444 e. The number of rotatable bonds is 6. The molecule has 0 aliphatic rings. The minimum absolute atomic E-state index is 0. The molecule has 3 aromatic rings. The molecular weight excluding hydrogens is 479 g/mol. The van der Waals surface area contributed by atoms with Crippen molar-refractivity contribution < 1.29 is 4.42 Å². The Balaban J connectivity index is 0.00000300. The molecule has 0 saturated heterocycles. The lowest BCUT2D eigenvalue weighted by Crippen LogP contribution is -2.38. The first-order chi connectivity index (χ1) is 13.5. The van der Waals surface area contributed by atoms with Crippen LogP contribution in [0.5, 0.6) is 0 Å². The van der Waals surface area contributed by atoms with Gasteiger partial charge in [-0.25, -0.2) is 4.98 Å². The number of oxazole rings is 1. The summed E-state index contributed by atoms with van der Waals surface area (Å²) in [5, 5.41) is 11.1. The number of benzene rings is 1. The highest BCUT2D eigenvalue weighted by atomic mass is 127. The molecule has 8 heteroatoms. The van der Waals surface area contributed by atoms with Gasteiger partial charge in [0.15, 0.2) is 5.96 Å². The lowest BCUT2D eigenvalue weighted by molar-refractivity contribution is 0.572. The van der Waals surface area contributed by atoms with Gasteiger partial charge in [0.2, 0.25) is 5.89 Å². The second-order valence-electron chi connectivity index (χ2n) is 6.89. The highest BCUT2D eigenvalue weighted by Crippen LogP contribution is 2.19. The summed E-state index contributed by atoms with van der Waals surface area (Å²) < 4.78 is 7.53. The predicted molar refractivity (Wildman–Crippen MR) is 127 cm³/mol. The number of aryl methyl sites for hydroxylation is 3. The number of nitrogens with one attached hydrogen (secondary N) is 2. The smallest absolute Gasteiger partial charge is 0.226 e. The zero-order chi connectivity index (χ0) is 20.1. The van der Waals surface area contributed by atoms with Crippen LogP contribution in [0.2, 0.25) is 0 Å². The molecule has 0 radical (unpaired) electrons. The molecule has 0 aliphatic carbocycles. The van der Waals surface area contributed by atoms with E-state index < -0.39 is 0 Å². The van der Waals surface area contributed by atoms with Crippen molar-refractivity contribution in [3.05, 3.63) is 58.7 Å². The first-order valence-corrected chi connectivity index (χ1v) is 9.43. The second-order valence-corrected chi connectivity index (χ2v) is 6.89. The molecule has 0 fully saturated rings. The maximum absolute atomic E-state index is 5.60. The van der Waals surface area contributed by atoms with Gasteiger partial charge in [0.1, 0.15) is 6.26 Å². The topological polar surface area (TPSA) is 80.3 Å². The Morgan fingerprint density at radius 3 is 2.48 bits per heavy atom. The molecule has 0 bridgehead atoms. The Hall–Kier alpha value is -2.36. The molecule has 0 aliphatic heterocycles. The van der Waals surface area contributed by atoms with Gasteiger partial charge in [-0.05, 0) is 44.9 Å². The first-order valence-electron chi connectivity index (χ1n) is 9.43. The Labute approximate surface area is 189 Å². The highest BCUT2D eigenvalue weighted by molar-refractivity contribution is 14.0. The zero-order valence-electron chi connectivity index (χ0n) is 17.6. The molecule has 1 aromatic carbocycles. The SMILES string of the molecule is CN=C(NCCc1c(C)nn(C)c1C)NCc1coc(-c2ccc(C)cc2)n1.I. The number of hydrogen-bond donors (Lipinski definition) is 2. The van der Waals surface area contributed by atoms with Gasteiger partial charge in [-0.3, -0.25) is 9.67 Å². The van der Waals surface area contributed by atoms with Crippen molar-refractivity contribution in [2.45, 2.75) is 33.7 Å². The van der Waals surface area contributed by atoms with Crippen molar-refractivity contribution in [2.75, 3.05) is 13.6 Å². The number of nitrogens with zero attached hydrogens (tertiary/aromatic N) is 4. The quantitative estimate of drug-likeness (QED) is 0.303. The molecule has 0 atom stereocenters. The van der Waals surface area contributed by atoms with Gasteiger partial charge in [-0.1, -0.05) is 17.7 Å². The van der Waals surface area contributed by atoms with Crippen LogP contribution < -0.4 is 10.6 Å². The summed E-state index contributed by atoms with van der Waals surface area (Å²) in [5.74, 6) is 1.36. The summed E-state index contributed by atoms with van der Waals surface area (Å²) in [7, 11) is 3.74. The summed E-state index contributed by atoms with van der Waals surface area (Å²) in [6, 6.07) is 8.13. The Bertz CT molecular complexity index is 958. The van der Waals surface area contributed by atoms with E-state index in [9.17, 15) is 0 Å². The molecule has 0 amide bonds. The number of aliphatic imine (C=N–C) groups is 1. The van der Waals surface area contributed by atoms with E-state index in [2.05, 4.69) is 51.7 Å². The van der Waals surface area contributed by atoms with E-state index in [0.717, 1.165) is 35.9 Å². The van der Waals surface area contributed by atoms with Gasteiger partial charge in [0.25, 0.3) is 0 Å². The largest absolute Gasteiger partial charge is 0.444 e. The van der Waals surface area contributed by atoms with Crippen LogP contribution >= 0.6 is 24.0 Å². The van der Waals surface area contributed by atoms with Crippen LogP contribution in [0.15, 0.2) is 39.9 Å². The minimum atomic E-state index is 0. The van der Waals surface area contributed by atoms with E-state index in [0.29, 0.717) is 12.4 Å². The summed E-state index contributed by atoms with van der Waals surface area (Å²) in [4.78, 5) is 8.82. The van der Waals surface area contributed by atoms with E-state index >= 15 is 0 Å². The molecular formula is C21H29IN6O. The van der Waals surface area contributed by atoms with Crippen molar-refractivity contribution in [3.63, 3.8) is 0 Å². The third-order valence-electron chi connectivity index (χ3n) is 4.84. The van der Waals surface area contributed by atoms with E-state index in [1.807, 2.05) is 30.8 Å². The molecule has 156 valence electrons. The molecule has 0 saturated carbocycles. The van der Waals surface area contributed by atoms with E-state index in [1.165, 1.54) is 16.8 Å². The number of aromatic nitrogens is 3. The van der Waals surface area contributed by atoms with E-state index in [4.69, 9.17) is 4.42 Å². The van der Waals surface area contributed by atoms with Crippen molar-refractivity contribution >= 4 is 29.9 Å². The third-order valence-corrected chi connectivity index (χ3v) is 4.84. The molecule has 0 unspecified atom stereocenters. The standard InChI is InChI=1S/C21H28N6O.HI/c1-14-6-8-17(9-7-14)20-25-18(13-28-20)12-24-21(22-4)23-11-10-19-15(2)26-27(5)16(19)3;/h6-9,13H,10-12H2,1-5H3,(H2,22,23,24);1H. The van der Waals surface area contributed by atoms with Crippen molar-refractivity contribution in [1.82, 2.24) is 25.4 Å². The molecule has 2 aromatic heterocycles.